The Hall–Kier alpha value is 0.177. The molecule has 0 aliphatic heterocycles. The van der Waals surface area contributed by atoms with Crippen LogP contribution in [0, 0.1) is 16.7 Å². The van der Waals surface area contributed by atoms with E-state index in [0.29, 0.717) is 22.0 Å². The highest BCUT2D eigenvalue weighted by molar-refractivity contribution is 6.74. The highest BCUT2D eigenvalue weighted by Gasteiger charge is 2.62. The first-order chi connectivity index (χ1) is 7.92. The van der Waals surface area contributed by atoms with Gasteiger partial charge < -0.3 is 4.43 Å². The number of hydrogen-bond acceptors (Lipinski definition) is 1. The maximum Gasteiger partial charge on any atom is 0.192 e. The van der Waals surface area contributed by atoms with Gasteiger partial charge in [-0.15, -0.1) is 0 Å². The van der Waals surface area contributed by atoms with Crippen molar-refractivity contribution in [3.8, 4) is 0 Å². The zero-order chi connectivity index (χ0) is 14.0. The molecule has 2 rings (SSSR count). The van der Waals surface area contributed by atoms with Gasteiger partial charge in [-0.25, -0.2) is 0 Å². The van der Waals surface area contributed by atoms with Crippen LogP contribution in [0.25, 0.3) is 0 Å². The molecule has 0 spiro atoms. The van der Waals surface area contributed by atoms with Crippen molar-refractivity contribution in [3.63, 3.8) is 0 Å². The minimum atomic E-state index is -1.62. The molecule has 18 heavy (non-hydrogen) atoms. The standard InChI is InChI=1S/C16H32OSi/c1-14(2,3)18(7,8)17-13-11-12-9-10-16(13,6)15(12,4)5/h12-13H,9-11H2,1-8H3/t12-,13-,16+/m1/s1. The Morgan fingerprint density at radius 1 is 1.11 bits per heavy atom. The maximum absolute atomic E-state index is 6.77. The van der Waals surface area contributed by atoms with Crippen LogP contribution in [0.15, 0.2) is 0 Å². The van der Waals surface area contributed by atoms with Gasteiger partial charge in [-0.05, 0) is 54.1 Å². The average Bonchev–Trinajstić information content (AvgIpc) is 2.48. The summed E-state index contributed by atoms with van der Waals surface area (Å²) in [4.78, 5) is 0. The van der Waals surface area contributed by atoms with Crippen molar-refractivity contribution in [2.45, 2.75) is 85.0 Å². The van der Waals surface area contributed by atoms with Gasteiger partial charge in [0.2, 0.25) is 0 Å². The fourth-order valence-corrected chi connectivity index (χ4v) is 5.26. The fourth-order valence-electron chi connectivity index (χ4n) is 3.84. The van der Waals surface area contributed by atoms with Crippen LogP contribution in [0.3, 0.4) is 0 Å². The third kappa shape index (κ3) is 1.83. The molecular weight excluding hydrogens is 236 g/mol. The molecule has 1 nitrogen and oxygen atoms in total. The Morgan fingerprint density at radius 3 is 2.00 bits per heavy atom. The zero-order valence-corrected chi connectivity index (χ0v) is 14.7. The first-order valence-electron chi connectivity index (χ1n) is 7.60. The second kappa shape index (κ2) is 3.85. The number of rotatable bonds is 2. The third-order valence-electron chi connectivity index (χ3n) is 6.96. The Bertz CT molecular complexity index is 339. The number of hydrogen-bond donors (Lipinski definition) is 0. The lowest BCUT2D eigenvalue weighted by molar-refractivity contribution is 0.0210. The van der Waals surface area contributed by atoms with E-state index in [1.165, 1.54) is 19.3 Å². The van der Waals surface area contributed by atoms with Crippen molar-refractivity contribution in [2.24, 2.45) is 16.7 Å². The molecule has 2 aliphatic rings. The van der Waals surface area contributed by atoms with Crippen molar-refractivity contribution in [1.29, 1.82) is 0 Å². The minimum Gasteiger partial charge on any atom is -0.413 e. The summed E-state index contributed by atoms with van der Waals surface area (Å²) in [6, 6.07) is 0. The highest BCUT2D eigenvalue weighted by atomic mass is 28.4. The van der Waals surface area contributed by atoms with E-state index in [2.05, 4.69) is 54.6 Å². The summed E-state index contributed by atoms with van der Waals surface area (Å²) in [5.41, 5.74) is 0.882. The molecule has 0 unspecified atom stereocenters. The maximum atomic E-state index is 6.77. The molecule has 0 heterocycles. The number of fused-ring (bicyclic) bond motifs is 2. The van der Waals surface area contributed by atoms with Gasteiger partial charge in [0, 0.05) is 0 Å². The van der Waals surface area contributed by atoms with E-state index in [1.54, 1.807) is 0 Å². The second-order valence-electron chi connectivity index (χ2n) is 8.98. The Labute approximate surface area is 115 Å². The van der Waals surface area contributed by atoms with Crippen LogP contribution in [0.5, 0.6) is 0 Å². The third-order valence-corrected chi connectivity index (χ3v) is 11.4. The first-order valence-corrected chi connectivity index (χ1v) is 10.5. The summed E-state index contributed by atoms with van der Waals surface area (Å²) >= 11 is 0. The summed E-state index contributed by atoms with van der Waals surface area (Å²) in [7, 11) is -1.62. The predicted octanol–water partition coefficient (Wildman–Crippen LogP) is 5.22. The van der Waals surface area contributed by atoms with Gasteiger partial charge in [-0.2, -0.15) is 0 Å². The molecule has 0 N–H and O–H groups in total. The quantitative estimate of drug-likeness (QED) is 0.624. The molecule has 2 bridgehead atoms. The fraction of sp³-hybridized carbons (Fsp3) is 1.00. The molecule has 2 saturated carbocycles. The van der Waals surface area contributed by atoms with Crippen LogP contribution in [0.4, 0.5) is 0 Å². The highest BCUT2D eigenvalue weighted by Crippen LogP contribution is 2.66. The summed E-state index contributed by atoms with van der Waals surface area (Å²) in [6.45, 7) is 19.3. The molecule has 0 aromatic heterocycles. The van der Waals surface area contributed by atoms with Crippen molar-refractivity contribution in [1.82, 2.24) is 0 Å². The van der Waals surface area contributed by atoms with Gasteiger partial charge in [0.15, 0.2) is 8.32 Å². The van der Waals surface area contributed by atoms with Gasteiger partial charge in [0.05, 0.1) is 6.10 Å². The van der Waals surface area contributed by atoms with Gasteiger partial charge in [0.25, 0.3) is 0 Å². The summed E-state index contributed by atoms with van der Waals surface area (Å²) in [6.07, 6.45) is 4.59. The topological polar surface area (TPSA) is 9.23 Å². The summed E-state index contributed by atoms with van der Waals surface area (Å²) in [5.74, 6) is 0.886. The monoisotopic (exact) mass is 268 g/mol. The van der Waals surface area contributed by atoms with Crippen LogP contribution in [-0.2, 0) is 4.43 Å². The van der Waals surface area contributed by atoms with E-state index in [9.17, 15) is 0 Å². The Kier molecular flexibility index (Phi) is 3.12. The molecular formula is C16H32OSi. The molecule has 2 aliphatic carbocycles. The normalized spacial score (nSPS) is 39.3. The van der Waals surface area contributed by atoms with Crippen LogP contribution in [-0.4, -0.2) is 14.4 Å². The first kappa shape index (κ1) is 14.6. The minimum absolute atomic E-state index is 0.329. The summed E-state index contributed by atoms with van der Waals surface area (Å²) < 4.78 is 6.77. The van der Waals surface area contributed by atoms with E-state index >= 15 is 0 Å². The van der Waals surface area contributed by atoms with E-state index in [4.69, 9.17) is 4.43 Å². The van der Waals surface area contributed by atoms with Crippen LogP contribution < -0.4 is 0 Å². The van der Waals surface area contributed by atoms with Gasteiger partial charge in [0.1, 0.15) is 0 Å². The molecule has 2 fully saturated rings. The lowest BCUT2D eigenvalue weighted by atomic mass is 9.70. The van der Waals surface area contributed by atoms with Crippen LogP contribution in [0.2, 0.25) is 18.1 Å². The smallest absolute Gasteiger partial charge is 0.192 e. The average molecular weight is 269 g/mol. The summed E-state index contributed by atoms with van der Waals surface area (Å²) in [5, 5.41) is 0.329. The van der Waals surface area contributed by atoms with E-state index in [0.717, 1.165) is 5.92 Å². The Morgan fingerprint density at radius 2 is 1.67 bits per heavy atom. The van der Waals surface area contributed by atoms with Crippen LogP contribution >= 0.6 is 0 Å². The zero-order valence-electron chi connectivity index (χ0n) is 13.7. The van der Waals surface area contributed by atoms with Crippen molar-refractivity contribution >= 4 is 8.32 Å². The lowest BCUT2D eigenvalue weighted by Gasteiger charge is -2.45. The molecule has 106 valence electrons. The largest absolute Gasteiger partial charge is 0.413 e. The van der Waals surface area contributed by atoms with Crippen LogP contribution in [0.1, 0.15) is 60.8 Å². The molecule has 3 atom stereocenters. The molecule has 0 aromatic rings. The van der Waals surface area contributed by atoms with Gasteiger partial charge >= 0.3 is 0 Å². The second-order valence-corrected chi connectivity index (χ2v) is 13.7. The molecule has 0 radical (unpaired) electrons. The molecule has 0 amide bonds. The van der Waals surface area contributed by atoms with Crippen molar-refractivity contribution in [2.75, 3.05) is 0 Å². The lowest BCUT2D eigenvalue weighted by Crippen LogP contribution is -2.48. The van der Waals surface area contributed by atoms with Gasteiger partial charge in [-0.3, -0.25) is 0 Å². The van der Waals surface area contributed by atoms with E-state index in [1.807, 2.05) is 0 Å². The van der Waals surface area contributed by atoms with Gasteiger partial charge in [-0.1, -0.05) is 41.5 Å². The molecule has 0 saturated heterocycles. The SMILES string of the molecule is CC1(C)[C@@H]2CC[C@@]1(C)[C@H](O[Si](C)(C)C(C)(C)C)C2. The molecule has 2 heteroatoms. The Balaban J connectivity index is 2.19. The van der Waals surface area contributed by atoms with E-state index < -0.39 is 8.32 Å². The molecule has 0 aromatic carbocycles. The van der Waals surface area contributed by atoms with Crippen molar-refractivity contribution < 1.29 is 4.43 Å². The van der Waals surface area contributed by atoms with E-state index in [-0.39, 0.29) is 0 Å². The van der Waals surface area contributed by atoms with Crippen molar-refractivity contribution in [3.05, 3.63) is 0 Å². The predicted molar refractivity (Wildman–Crippen MR) is 81.3 cm³/mol.